The van der Waals surface area contributed by atoms with E-state index >= 15 is 0 Å². The molecule has 2 aromatic rings. The van der Waals surface area contributed by atoms with E-state index in [1.807, 2.05) is 31.2 Å². The third kappa shape index (κ3) is 3.06. The summed E-state index contributed by atoms with van der Waals surface area (Å²) in [4.78, 5) is 29.6. The number of nitrogens with zero attached hydrogens (tertiary/aromatic N) is 2. The summed E-state index contributed by atoms with van der Waals surface area (Å²) in [5.41, 5.74) is 3.45. The zero-order chi connectivity index (χ0) is 20.9. The molecule has 3 heterocycles. The maximum Gasteiger partial charge on any atom is 0.329 e. The predicted molar refractivity (Wildman–Crippen MR) is 115 cm³/mol. The van der Waals surface area contributed by atoms with Crippen molar-refractivity contribution >= 4 is 17.6 Å². The molecule has 2 saturated heterocycles. The molecule has 2 aromatic carbocycles. The fourth-order valence-electron chi connectivity index (χ4n) is 4.83. The minimum atomic E-state index is -0.792. The molecule has 5 rings (SSSR count). The van der Waals surface area contributed by atoms with Gasteiger partial charge in [-0.1, -0.05) is 29.8 Å². The molecule has 0 radical (unpaired) electrons. The quantitative estimate of drug-likeness (QED) is 0.793. The van der Waals surface area contributed by atoms with Gasteiger partial charge in [0.25, 0.3) is 5.91 Å². The van der Waals surface area contributed by atoms with Crippen molar-refractivity contribution in [1.29, 1.82) is 0 Å². The van der Waals surface area contributed by atoms with E-state index in [2.05, 4.69) is 35.3 Å². The van der Waals surface area contributed by atoms with Crippen molar-refractivity contribution in [3.8, 4) is 5.75 Å². The number of anilines is 1. The Kier molecular flexibility index (Phi) is 4.54. The lowest BCUT2D eigenvalue weighted by Crippen LogP contribution is -2.55. The fourth-order valence-corrected chi connectivity index (χ4v) is 4.83. The molecular formula is C24H27N3O3. The highest BCUT2D eigenvalue weighted by Gasteiger charge is 2.53. The second-order valence-electron chi connectivity index (χ2n) is 8.67. The van der Waals surface area contributed by atoms with E-state index in [9.17, 15) is 9.59 Å². The number of benzene rings is 2. The van der Waals surface area contributed by atoms with E-state index in [-0.39, 0.29) is 18.0 Å². The van der Waals surface area contributed by atoms with Gasteiger partial charge in [0.15, 0.2) is 0 Å². The van der Waals surface area contributed by atoms with Gasteiger partial charge in [0, 0.05) is 25.6 Å². The molecule has 1 atom stereocenters. The zero-order valence-electron chi connectivity index (χ0n) is 17.5. The monoisotopic (exact) mass is 405 g/mol. The van der Waals surface area contributed by atoms with Crippen molar-refractivity contribution in [2.75, 3.05) is 24.6 Å². The number of fused-ring (bicyclic) bond motifs is 1. The van der Waals surface area contributed by atoms with Crippen molar-refractivity contribution in [2.24, 2.45) is 0 Å². The van der Waals surface area contributed by atoms with Gasteiger partial charge in [-0.25, -0.2) is 9.69 Å². The van der Waals surface area contributed by atoms with Gasteiger partial charge in [0.05, 0.1) is 12.3 Å². The summed E-state index contributed by atoms with van der Waals surface area (Å²) >= 11 is 0. The normalized spacial score (nSPS) is 21.5. The lowest BCUT2D eigenvalue weighted by atomic mass is 9.86. The Morgan fingerprint density at radius 3 is 2.53 bits per heavy atom. The molecule has 3 amide bonds. The number of hydrogen-bond acceptors (Lipinski definition) is 4. The van der Waals surface area contributed by atoms with E-state index in [0.717, 1.165) is 37.4 Å². The summed E-state index contributed by atoms with van der Waals surface area (Å²) in [7, 11) is 0. The summed E-state index contributed by atoms with van der Waals surface area (Å²) < 4.78 is 5.72. The van der Waals surface area contributed by atoms with E-state index < -0.39 is 5.54 Å². The van der Waals surface area contributed by atoms with Crippen LogP contribution in [-0.4, -0.2) is 42.1 Å². The highest BCUT2D eigenvalue weighted by molar-refractivity contribution is 6.23. The van der Waals surface area contributed by atoms with Gasteiger partial charge >= 0.3 is 6.03 Å². The van der Waals surface area contributed by atoms with Crippen LogP contribution in [0.15, 0.2) is 42.5 Å². The Balaban J connectivity index is 1.30. The molecule has 3 aliphatic rings. The number of hydrogen-bond donors (Lipinski definition) is 1. The van der Waals surface area contributed by atoms with Crippen LogP contribution in [-0.2, 0) is 11.2 Å². The highest BCUT2D eigenvalue weighted by atomic mass is 16.5. The fraction of sp³-hybridized carbons (Fsp3) is 0.417. The van der Waals surface area contributed by atoms with Crippen molar-refractivity contribution in [2.45, 2.75) is 44.7 Å². The van der Waals surface area contributed by atoms with Gasteiger partial charge in [0.1, 0.15) is 11.3 Å². The number of rotatable bonds is 3. The molecule has 6 heteroatoms. The predicted octanol–water partition coefficient (Wildman–Crippen LogP) is 3.58. The molecule has 0 bridgehead atoms. The molecular weight excluding hydrogens is 378 g/mol. The number of urea groups is 1. The van der Waals surface area contributed by atoms with Crippen LogP contribution >= 0.6 is 0 Å². The van der Waals surface area contributed by atoms with Crippen molar-refractivity contribution in [3.63, 3.8) is 0 Å². The first-order valence-electron chi connectivity index (χ1n) is 10.7. The SMILES string of the molecule is Cc1ccc(N2C(=O)NC3(CCN([C@@H](C)c4ccc5c(c4)OCC5)CC3)C2=O)cc1. The second kappa shape index (κ2) is 7.13. The summed E-state index contributed by atoms with van der Waals surface area (Å²) in [6.07, 6.45) is 2.22. The van der Waals surface area contributed by atoms with Gasteiger partial charge in [-0.05, 0) is 56.0 Å². The van der Waals surface area contributed by atoms with Crippen molar-refractivity contribution < 1.29 is 14.3 Å². The van der Waals surface area contributed by atoms with Crippen LogP contribution in [0.1, 0.15) is 42.5 Å². The van der Waals surface area contributed by atoms with Crippen LogP contribution in [0.25, 0.3) is 0 Å². The smallest absolute Gasteiger partial charge is 0.329 e. The van der Waals surface area contributed by atoms with Crippen molar-refractivity contribution in [3.05, 3.63) is 59.2 Å². The first-order chi connectivity index (χ1) is 14.5. The second-order valence-corrected chi connectivity index (χ2v) is 8.67. The van der Waals surface area contributed by atoms with Crippen LogP contribution in [0.5, 0.6) is 5.75 Å². The summed E-state index contributed by atoms with van der Waals surface area (Å²) in [6.45, 7) is 6.46. The number of amides is 3. The summed E-state index contributed by atoms with van der Waals surface area (Å²) in [5.74, 6) is 0.870. The molecule has 0 aromatic heterocycles. The molecule has 6 nitrogen and oxygen atoms in total. The van der Waals surface area contributed by atoms with Gasteiger partial charge < -0.3 is 10.1 Å². The van der Waals surface area contributed by atoms with Crippen molar-refractivity contribution in [1.82, 2.24) is 10.2 Å². The molecule has 1 spiro atoms. The van der Waals surface area contributed by atoms with Gasteiger partial charge in [0.2, 0.25) is 0 Å². The largest absolute Gasteiger partial charge is 0.493 e. The van der Waals surface area contributed by atoms with Gasteiger partial charge in [-0.15, -0.1) is 0 Å². The molecule has 1 N–H and O–H groups in total. The number of imide groups is 1. The lowest BCUT2D eigenvalue weighted by Gasteiger charge is -2.40. The Bertz CT molecular complexity index is 993. The Labute approximate surface area is 176 Å². The minimum Gasteiger partial charge on any atom is -0.493 e. The number of piperidine rings is 1. The molecule has 156 valence electrons. The Morgan fingerprint density at radius 2 is 1.80 bits per heavy atom. The number of nitrogens with one attached hydrogen (secondary N) is 1. The van der Waals surface area contributed by atoms with Crippen LogP contribution in [0, 0.1) is 6.92 Å². The van der Waals surface area contributed by atoms with Crippen LogP contribution in [0.2, 0.25) is 0 Å². The van der Waals surface area contributed by atoms with Crippen LogP contribution in [0.4, 0.5) is 10.5 Å². The van der Waals surface area contributed by atoms with Gasteiger partial charge in [-0.3, -0.25) is 9.69 Å². The minimum absolute atomic E-state index is 0.130. The topological polar surface area (TPSA) is 61.9 Å². The average molecular weight is 405 g/mol. The standard InChI is InChI=1S/C24H27N3O3/c1-16-3-7-20(8-4-16)27-22(28)24(25-23(27)29)10-12-26(13-11-24)17(2)19-6-5-18-9-14-30-21(18)15-19/h3-8,15,17H,9-14H2,1-2H3,(H,25,29)/t17-/m0/s1. The van der Waals surface area contributed by atoms with E-state index in [1.54, 1.807) is 0 Å². The molecule has 3 aliphatic heterocycles. The van der Waals surface area contributed by atoms with E-state index in [1.165, 1.54) is 16.0 Å². The average Bonchev–Trinajstić information content (AvgIpc) is 3.31. The first kappa shape index (κ1) is 19.1. The third-order valence-corrected chi connectivity index (χ3v) is 6.86. The summed E-state index contributed by atoms with van der Waals surface area (Å²) in [5, 5.41) is 3.01. The summed E-state index contributed by atoms with van der Waals surface area (Å²) in [6, 6.07) is 13.9. The maximum absolute atomic E-state index is 13.3. The number of carbonyl (C=O) groups is 2. The molecule has 2 fully saturated rings. The number of carbonyl (C=O) groups excluding carboxylic acids is 2. The molecule has 0 unspecified atom stereocenters. The number of ether oxygens (including phenoxy) is 1. The number of aryl methyl sites for hydroxylation is 1. The molecule has 30 heavy (non-hydrogen) atoms. The Morgan fingerprint density at radius 1 is 1.07 bits per heavy atom. The van der Waals surface area contributed by atoms with Crippen LogP contribution < -0.4 is 15.0 Å². The third-order valence-electron chi connectivity index (χ3n) is 6.86. The zero-order valence-corrected chi connectivity index (χ0v) is 17.5. The van der Waals surface area contributed by atoms with Gasteiger partial charge in [-0.2, -0.15) is 0 Å². The Hall–Kier alpha value is -2.86. The first-order valence-corrected chi connectivity index (χ1v) is 10.7. The molecule has 0 aliphatic carbocycles. The lowest BCUT2D eigenvalue weighted by molar-refractivity contribution is -0.124. The van der Waals surface area contributed by atoms with E-state index in [4.69, 9.17) is 4.74 Å². The maximum atomic E-state index is 13.3. The van der Waals surface area contributed by atoms with E-state index in [0.29, 0.717) is 18.5 Å². The highest BCUT2D eigenvalue weighted by Crippen LogP contribution is 2.36. The molecule has 0 saturated carbocycles. The van der Waals surface area contributed by atoms with Crippen LogP contribution in [0.3, 0.4) is 0 Å². The number of likely N-dealkylation sites (tertiary alicyclic amines) is 1.